The zero-order valence-corrected chi connectivity index (χ0v) is 32.2. The van der Waals surface area contributed by atoms with E-state index in [0.717, 1.165) is 23.1 Å². The normalized spacial score (nSPS) is 16.4. The first kappa shape index (κ1) is 42.2. The van der Waals surface area contributed by atoms with E-state index in [0.29, 0.717) is 22.2 Å². The molecule has 1 aliphatic heterocycles. The molecule has 0 saturated carbocycles. The predicted molar refractivity (Wildman–Crippen MR) is 201 cm³/mol. The lowest BCUT2D eigenvalue weighted by molar-refractivity contribution is -0.385. The van der Waals surface area contributed by atoms with E-state index < -0.39 is 84.6 Å². The van der Waals surface area contributed by atoms with E-state index in [4.69, 9.17) is 15.2 Å². The molecule has 1 aromatic heterocycles. The molecule has 3 aromatic carbocycles. The number of alkyl halides is 3. The number of pyridine rings is 1. The largest absolute Gasteiger partial charge is 0.491 e. The number of nitro groups is 1. The van der Waals surface area contributed by atoms with Gasteiger partial charge in [0.1, 0.15) is 11.9 Å². The minimum absolute atomic E-state index is 0.207. The molecule has 57 heavy (non-hydrogen) atoms. The smallest absolute Gasteiger partial charge is 0.490 e. The summed E-state index contributed by atoms with van der Waals surface area (Å²) in [5.41, 5.74) is 5.66. The minimum atomic E-state index is -5.57. The summed E-state index contributed by atoms with van der Waals surface area (Å²) in [5, 5.41) is 15.3. The number of carbonyl (C=O) groups excluding carboxylic acids is 3. The minimum Gasteiger partial charge on any atom is -0.490 e. The fourth-order valence-corrected chi connectivity index (χ4v) is 7.80. The SMILES string of the molecule is CCOc1cc(C(Nc2ccc3c(N)nccc3c2)C(=O)N2CCC(C(=O)OC(=O)C(F)(F)F)C2c2cc([N+](=O)[O-])ccc2S(=O)(=O)C(C)C)ccc1OC(C)C. The Morgan fingerprint density at radius 2 is 1.75 bits per heavy atom. The van der Waals surface area contributed by atoms with Crippen LogP contribution in [0.4, 0.5) is 30.4 Å². The molecule has 19 heteroatoms. The van der Waals surface area contributed by atoms with Crippen LogP contribution in [0.25, 0.3) is 10.8 Å². The Bertz CT molecular complexity index is 2320. The van der Waals surface area contributed by atoms with Crippen LogP contribution in [0, 0.1) is 16.0 Å². The molecule has 5 rings (SSSR count). The third-order valence-electron chi connectivity index (χ3n) is 9.18. The lowest BCUT2D eigenvalue weighted by Crippen LogP contribution is -2.40. The summed E-state index contributed by atoms with van der Waals surface area (Å²) in [4.78, 5) is 56.3. The predicted octanol–water partition coefficient (Wildman–Crippen LogP) is 6.47. The maximum absolute atomic E-state index is 15.1. The van der Waals surface area contributed by atoms with Crippen molar-refractivity contribution in [2.45, 2.75) is 75.5 Å². The van der Waals surface area contributed by atoms with Crippen LogP contribution in [0.2, 0.25) is 0 Å². The molecule has 3 unspecified atom stereocenters. The van der Waals surface area contributed by atoms with E-state index in [2.05, 4.69) is 15.0 Å². The Hall–Kier alpha value is -5.98. The lowest BCUT2D eigenvalue weighted by atomic mass is 9.92. The Morgan fingerprint density at radius 3 is 2.39 bits per heavy atom. The summed E-state index contributed by atoms with van der Waals surface area (Å²) < 4.78 is 83.4. The van der Waals surface area contributed by atoms with Gasteiger partial charge in [-0.1, -0.05) is 6.07 Å². The maximum Gasteiger partial charge on any atom is 0.491 e. The number of non-ortho nitro benzene ring substituents is 1. The molecule has 1 amide bonds. The van der Waals surface area contributed by atoms with Crippen molar-refractivity contribution >= 4 is 55.6 Å². The van der Waals surface area contributed by atoms with E-state index in [-0.39, 0.29) is 36.4 Å². The van der Waals surface area contributed by atoms with Gasteiger partial charge in [0.2, 0.25) is 5.91 Å². The number of hydrogen-bond acceptors (Lipinski definition) is 13. The zero-order valence-electron chi connectivity index (χ0n) is 31.4. The Labute approximate surface area is 325 Å². The van der Waals surface area contributed by atoms with Crippen molar-refractivity contribution in [1.29, 1.82) is 0 Å². The number of ether oxygens (including phenoxy) is 3. The number of nitro benzene ring substituents is 1. The number of hydrogen-bond donors (Lipinski definition) is 2. The number of likely N-dealkylation sites (tertiary alicyclic amines) is 1. The Kier molecular flexibility index (Phi) is 12.3. The van der Waals surface area contributed by atoms with Crippen LogP contribution >= 0.6 is 0 Å². The van der Waals surface area contributed by atoms with Crippen LogP contribution in [0.5, 0.6) is 11.5 Å². The molecule has 3 atom stereocenters. The second-order valence-electron chi connectivity index (χ2n) is 13.7. The van der Waals surface area contributed by atoms with Crippen LogP contribution in [0.15, 0.2) is 71.8 Å². The number of benzene rings is 3. The number of nitrogen functional groups attached to an aromatic ring is 1. The molecule has 15 nitrogen and oxygen atoms in total. The third kappa shape index (κ3) is 9.03. The first-order valence-electron chi connectivity index (χ1n) is 17.7. The molecule has 3 N–H and O–H groups in total. The molecule has 2 heterocycles. The summed E-state index contributed by atoms with van der Waals surface area (Å²) in [6, 6.07) is 10.9. The quantitative estimate of drug-likeness (QED) is 0.0643. The number of esters is 2. The average molecular weight is 816 g/mol. The van der Waals surface area contributed by atoms with Gasteiger partial charge < -0.3 is 30.2 Å². The summed E-state index contributed by atoms with van der Waals surface area (Å²) in [7, 11) is -4.33. The van der Waals surface area contributed by atoms with Crippen molar-refractivity contribution in [2.24, 2.45) is 5.92 Å². The number of carbonyl (C=O) groups is 3. The van der Waals surface area contributed by atoms with Crippen molar-refractivity contribution in [3.05, 3.63) is 88.1 Å². The van der Waals surface area contributed by atoms with E-state index in [1.807, 2.05) is 0 Å². The van der Waals surface area contributed by atoms with Gasteiger partial charge >= 0.3 is 18.1 Å². The fourth-order valence-electron chi connectivity index (χ4n) is 6.52. The van der Waals surface area contributed by atoms with Gasteiger partial charge in [-0.25, -0.2) is 18.2 Å². The van der Waals surface area contributed by atoms with E-state index in [1.165, 1.54) is 20.0 Å². The fraction of sp³-hybridized carbons (Fsp3) is 0.368. The van der Waals surface area contributed by atoms with Crippen molar-refractivity contribution in [3.63, 3.8) is 0 Å². The summed E-state index contributed by atoms with van der Waals surface area (Å²) in [6.07, 6.45) is -4.76. The molecule has 1 saturated heterocycles. The highest BCUT2D eigenvalue weighted by Crippen LogP contribution is 2.45. The van der Waals surface area contributed by atoms with Gasteiger partial charge in [-0.3, -0.25) is 19.7 Å². The van der Waals surface area contributed by atoms with Crippen LogP contribution in [-0.2, 0) is 29.0 Å². The van der Waals surface area contributed by atoms with E-state index in [9.17, 15) is 41.3 Å². The molecule has 0 radical (unpaired) electrons. The number of anilines is 2. The molecule has 0 bridgehead atoms. The van der Waals surface area contributed by atoms with Crippen molar-refractivity contribution in [2.75, 3.05) is 24.2 Å². The zero-order chi connectivity index (χ0) is 42.0. The van der Waals surface area contributed by atoms with Crippen LogP contribution in [0.3, 0.4) is 0 Å². The van der Waals surface area contributed by atoms with Gasteiger partial charge in [0, 0.05) is 41.5 Å². The van der Waals surface area contributed by atoms with Crippen molar-refractivity contribution in [1.82, 2.24) is 9.88 Å². The molecule has 304 valence electrons. The van der Waals surface area contributed by atoms with Crippen LogP contribution in [-0.4, -0.2) is 71.8 Å². The monoisotopic (exact) mass is 815 g/mol. The van der Waals surface area contributed by atoms with Gasteiger partial charge in [0.25, 0.3) is 5.69 Å². The molecule has 1 fully saturated rings. The lowest BCUT2D eigenvalue weighted by Gasteiger charge is -2.33. The van der Waals surface area contributed by atoms with Gasteiger partial charge in [0.15, 0.2) is 21.3 Å². The average Bonchev–Trinajstić information content (AvgIpc) is 3.59. The standard InChI is InChI=1S/C38H40F3N5O10S/c1-6-54-30-18-23(7-11-29(30)55-20(2)3)32(44-24-8-10-26-22(17-24)13-15-43-34(26)42)35(47)45-16-14-27(36(48)56-37(49)38(39,40)41)33(45)28-19-25(46(50)51)9-12-31(28)57(52,53)21(4)5/h7-13,15,17-21,27,32-33,44H,6,14,16H2,1-5H3,(H2,42,43). The Balaban J connectivity index is 1.72. The number of sulfone groups is 1. The third-order valence-corrected chi connectivity index (χ3v) is 11.4. The number of rotatable bonds is 13. The summed E-state index contributed by atoms with van der Waals surface area (Å²) >= 11 is 0. The second kappa shape index (κ2) is 16.6. The first-order valence-corrected chi connectivity index (χ1v) is 19.3. The first-order chi connectivity index (χ1) is 26.7. The van der Waals surface area contributed by atoms with Gasteiger partial charge in [-0.15, -0.1) is 0 Å². The van der Waals surface area contributed by atoms with Gasteiger partial charge in [-0.05, 0) is 94.5 Å². The molecular weight excluding hydrogens is 776 g/mol. The second-order valence-corrected chi connectivity index (χ2v) is 16.1. The van der Waals surface area contributed by atoms with Crippen LogP contribution < -0.4 is 20.5 Å². The number of nitrogens with zero attached hydrogens (tertiary/aromatic N) is 3. The van der Waals surface area contributed by atoms with Crippen molar-refractivity contribution in [3.8, 4) is 11.5 Å². The molecule has 4 aromatic rings. The number of nitrogens with two attached hydrogens (primary N) is 1. The highest BCUT2D eigenvalue weighted by Gasteiger charge is 2.50. The van der Waals surface area contributed by atoms with E-state index >= 15 is 4.79 Å². The maximum atomic E-state index is 15.1. The van der Waals surface area contributed by atoms with Crippen molar-refractivity contribution < 1.29 is 55.1 Å². The van der Waals surface area contributed by atoms with Gasteiger partial charge in [0.05, 0.1) is 39.7 Å². The molecular formula is C38H40F3N5O10S. The number of aromatic nitrogens is 1. The number of nitrogens with one attached hydrogen (secondary N) is 1. The molecule has 1 aliphatic rings. The summed E-state index contributed by atoms with van der Waals surface area (Å²) in [5.74, 6) is -6.28. The summed E-state index contributed by atoms with van der Waals surface area (Å²) in [6.45, 7) is 7.85. The highest BCUT2D eigenvalue weighted by molar-refractivity contribution is 7.92. The highest BCUT2D eigenvalue weighted by atomic mass is 32.2. The van der Waals surface area contributed by atoms with E-state index in [1.54, 1.807) is 63.2 Å². The Morgan fingerprint density at radius 1 is 1.04 bits per heavy atom. The number of halogens is 3. The molecule has 0 aliphatic carbocycles. The number of amides is 1. The van der Waals surface area contributed by atoms with Gasteiger partial charge in [-0.2, -0.15) is 13.2 Å². The topological polar surface area (TPSA) is 210 Å². The number of fused-ring (bicyclic) bond motifs is 1. The molecule has 0 spiro atoms. The van der Waals surface area contributed by atoms with Crippen LogP contribution in [0.1, 0.15) is 64.3 Å².